The number of rotatable bonds is 11. The Kier molecular flexibility index (Phi) is 10.1. The highest BCUT2D eigenvalue weighted by molar-refractivity contribution is 5.81. The molecule has 1 unspecified atom stereocenters. The van der Waals surface area contributed by atoms with Crippen LogP contribution in [0.4, 0.5) is 0 Å². The van der Waals surface area contributed by atoms with Crippen molar-refractivity contribution in [3.63, 3.8) is 0 Å². The van der Waals surface area contributed by atoms with Gasteiger partial charge in [0.1, 0.15) is 30.3 Å². The molecule has 2 fully saturated rings. The van der Waals surface area contributed by atoms with Crippen LogP contribution in [0.25, 0.3) is 22.7 Å². The Bertz CT molecular complexity index is 1950. The minimum absolute atomic E-state index is 0.0255. The molecule has 1 atom stereocenters. The van der Waals surface area contributed by atoms with Crippen LogP contribution in [-0.2, 0) is 14.9 Å². The monoisotopic (exact) mass is 692 g/mol. The van der Waals surface area contributed by atoms with Crippen molar-refractivity contribution in [3.8, 4) is 28.6 Å². The number of aryl methyl sites for hydroxylation is 1. The fourth-order valence-electron chi connectivity index (χ4n) is 6.79. The molecule has 2 aliphatic rings. The smallest absolute Gasteiger partial charge is 0.241 e. The van der Waals surface area contributed by atoms with Gasteiger partial charge in [-0.1, -0.05) is 50.6 Å². The SMILES string of the molecule is Cc1ccc(-n2nc(C(C)(C)C)cc2C(C(N)=O)N2CCC(Oc3ccc4nnc(-c5cccc(OCCN6CCOCC6)c5)n4c3)CC2)cc1. The lowest BCUT2D eigenvalue weighted by atomic mass is 9.91. The van der Waals surface area contributed by atoms with Crippen LogP contribution >= 0.6 is 0 Å². The van der Waals surface area contributed by atoms with Crippen molar-refractivity contribution in [2.45, 2.75) is 58.1 Å². The van der Waals surface area contributed by atoms with Gasteiger partial charge in [-0.2, -0.15) is 5.10 Å². The van der Waals surface area contributed by atoms with E-state index in [4.69, 9.17) is 25.0 Å². The molecule has 5 aromatic rings. The maximum Gasteiger partial charge on any atom is 0.241 e. The van der Waals surface area contributed by atoms with Gasteiger partial charge in [-0.25, -0.2) is 4.68 Å². The van der Waals surface area contributed by atoms with Crippen LogP contribution < -0.4 is 15.2 Å². The number of fused-ring (bicyclic) bond motifs is 1. The van der Waals surface area contributed by atoms with Crippen LogP contribution in [0.5, 0.6) is 11.5 Å². The van der Waals surface area contributed by atoms with Gasteiger partial charge in [-0.15, -0.1) is 10.2 Å². The van der Waals surface area contributed by atoms with Crippen molar-refractivity contribution in [2.24, 2.45) is 5.73 Å². The van der Waals surface area contributed by atoms with E-state index in [0.717, 1.165) is 91.0 Å². The number of carbonyl (C=O) groups excluding carboxylic acids is 1. The Morgan fingerprint density at radius 3 is 2.45 bits per heavy atom. The number of hydrogen-bond acceptors (Lipinski definition) is 9. The first kappa shape index (κ1) is 34.7. The number of nitrogens with two attached hydrogens (primary N) is 1. The molecule has 12 nitrogen and oxygen atoms in total. The lowest BCUT2D eigenvalue weighted by molar-refractivity contribution is -0.124. The number of hydrogen-bond donors (Lipinski definition) is 1. The molecule has 51 heavy (non-hydrogen) atoms. The third-order valence-corrected chi connectivity index (χ3v) is 9.73. The van der Waals surface area contributed by atoms with E-state index in [1.807, 2.05) is 69.9 Å². The molecule has 2 saturated heterocycles. The Balaban J connectivity index is 1.03. The van der Waals surface area contributed by atoms with Crippen LogP contribution in [0, 0.1) is 6.92 Å². The molecule has 0 radical (unpaired) electrons. The quantitative estimate of drug-likeness (QED) is 0.204. The highest BCUT2D eigenvalue weighted by Crippen LogP contribution is 2.32. The predicted molar refractivity (Wildman–Crippen MR) is 195 cm³/mol. The van der Waals surface area contributed by atoms with Gasteiger partial charge in [0.2, 0.25) is 5.91 Å². The van der Waals surface area contributed by atoms with Gasteiger partial charge in [0.15, 0.2) is 11.5 Å². The minimum Gasteiger partial charge on any atom is -0.492 e. The van der Waals surface area contributed by atoms with Crippen molar-refractivity contribution >= 4 is 11.6 Å². The number of ether oxygens (including phenoxy) is 3. The van der Waals surface area contributed by atoms with Gasteiger partial charge >= 0.3 is 0 Å². The minimum atomic E-state index is -0.620. The molecule has 3 aromatic heterocycles. The number of nitrogens with zero attached hydrogens (tertiary/aromatic N) is 7. The summed E-state index contributed by atoms with van der Waals surface area (Å²) in [5, 5.41) is 13.9. The number of amides is 1. The van der Waals surface area contributed by atoms with Crippen LogP contribution in [0.3, 0.4) is 0 Å². The molecule has 5 heterocycles. The molecule has 1 amide bonds. The van der Waals surface area contributed by atoms with Crippen LogP contribution in [0.15, 0.2) is 72.9 Å². The highest BCUT2D eigenvalue weighted by atomic mass is 16.5. The maximum absolute atomic E-state index is 13.1. The molecule has 0 bridgehead atoms. The van der Waals surface area contributed by atoms with Crippen molar-refractivity contribution < 1.29 is 19.0 Å². The number of carbonyl (C=O) groups is 1. The van der Waals surface area contributed by atoms with Crippen LogP contribution in [0.1, 0.15) is 56.6 Å². The van der Waals surface area contributed by atoms with Gasteiger partial charge < -0.3 is 19.9 Å². The molecule has 268 valence electrons. The van der Waals surface area contributed by atoms with E-state index >= 15 is 0 Å². The Labute approximate surface area is 299 Å². The lowest BCUT2D eigenvalue weighted by Crippen LogP contribution is -2.45. The van der Waals surface area contributed by atoms with Crippen molar-refractivity contribution in [3.05, 3.63) is 89.9 Å². The molecule has 0 spiro atoms. The largest absolute Gasteiger partial charge is 0.492 e. The van der Waals surface area contributed by atoms with Crippen molar-refractivity contribution in [2.75, 3.05) is 52.5 Å². The van der Waals surface area contributed by atoms with Gasteiger partial charge in [-0.05, 0) is 62.2 Å². The fourth-order valence-corrected chi connectivity index (χ4v) is 6.79. The first-order valence-corrected chi connectivity index (χ1v) is 17.9. The number of primary amides is 1. The molecule has 2 aromatic carbocycles. The maximum atomic E-state index is 13.1. The van der Waals surface area contributed by atoms with Crippen LogP contribution in [0.2, 0.25) is 0 Å². The van der Waals surface area contributed by atoms with Crippen molar-refractivity contribution in [1.29, 1.82) is 0 Å². The summed E-state index contributed by atoms with van der Waals surface area (Å²) in [4.78, 5) is 17.6. The average Bonchev–Trinajstić information content (AvgIpc) is 3.75. The zero-order valence-corrected chi connectivity index (χ0v) is 30.0. The third-order valence-electron chi connectivity index (χ3n) is 9.73. The summed E-state index contributed by atoms with van der Waals surface area (Å²) in [6, 6.07) is 21.4. The van der Waals surface area contributed by atoms with E-state index in [1.165, 1.54) is 0 Å². The lowest BCUT2D eigenvalue weighted by Gasteiger charge is -2.36. The normalized spacial score (nSPS) is 17.1. The molecular weight excluding hydrogens is 644 g/mol. The fraction of sp³-hybridized carbons (Fsp3) is 0.436. The number of pyridine rings is 1. The number of aromatic nitrogens is 5. The van der Waals surface area contributed by atoms with Gasteiger partial charge in [0, 0.05) is 43.7 Å². The van der Waals surface area contributed by atoms with Gasteiger partial charge in [0.05, 0.1) is 36.5 Å². The second-order valence-corrected chi connectivity index (χ2v) is 14.6. The molecule has 0 aliphatic carbocycles. The standard InChI is InChI=1S/C39H48N8O4/c1-27-8-10-29(11-9-27)47-33(25-34(43-47)39(2,3)4)36(37(40)48)45-16-14-30(15-17-45)51-32-12-13-35-41-42-38(46(35)26-32)28-6-5-7-31(24-28)50-23-20-44-18-21-49-22-19-44/h5-13,24-26,30,36H,14-23H2,1-4H3,(H2,40,48). The molecule has 2 N–H and O–H groups in total. The first-order valence-electron chi connectivity index (χ1n) is 17.9. The van der Waals surface area contributed by atoms with Gasteiger partial charge in [0.25, 0.3) is 0 Å². The summed E-state index contributed by atoms with van der Waals surface area (Å²) in [5.74, 6) is 1.86. The molecule has 12 heteroatoms. The summed E-state index contributed by atoms with van der Waals surface area (Å²) in [7, 11) is 0. The molecule has 0 saturated carbocycles. The zero-order chi connectivity index (χ0) is 35.5. The zero-order valence-electron chi connectivity index (χ0n) is 30.0. The van der Waals surface area contributed by atoms with Crippen molar-refractivity contribution in [1.82, 2.24) is 34.2 Å². The van der Waals surface area contributed by atoms with E-state index in [2.05, 4.69) is 59.8 Å². The summed E-state index contributed by atoms with van der Waals surface area (Å²) < 4.78 is 21.9. The summed E-state index contributed by atoms with van der Waals surface area (Å²) >= 11 is 0. The Morgan fingerprint density at radius 1 is 0.961 bits per heavy atom. The van der Waals surface area contributed by atoms with Gasteiger partial charge in [-0.3, -0.25) is 19.0 Å². The Hall–Kier alpha value is -4.78. The average molecular weight is 693 g/mol. The number of morpholine rings is 1. The second kappa shape index (κ2) is 14.8. The predicted octanol–water partition coefficient (Wildman–Crippen LogP) is 4.97. The van der Waals surface area contributed by atoms with Crippen LogP contribution in [-0.4, -0.2) is 98.7 Å². The second-order valence-electron chi connectivity index (χ2n) is 14.6. The number of benzene rings is 2. The molecular formula is C39H48N8O4. The Morgan fingerprint density at radius 2 is 1.73 bits per heavy atom. The molecule has 7 rings (SSSR count). The highest BCUT2D eigenvalue weighted by Gasteiger charge is 2.35. The summed E-state index contributed by atoms with van der Waals surface area (Å²) in [5.41, 5.74) is 11.3. The van der Waals surface area contributed by atoms with E-state index < -0.39 is 6.04 Å². The summed E-state index contributed by atoms with van der Waals surface area (Å²) in [6.07, 6.45) is 3.41. The van der Waals surface area contributed by atoms with E-state index in [9.17, 15) is 4.79 Å². The third kappa shape index (κ3) is 7.93. The van der Waals surface area contributed by atoms with E-state index in [-0.39, 0.29) is 17.4 Å². The number of piperidine rings is 1. The van der Waals surface area contributed by atoms with E-state index in [0.29, 0.717) is 25.5 Å². The van der Waals surface area contributed by atoms with E-state index in [1.54, 1.807) is 0 Å². The topological polar surface area (TPSA) is 125 Å². The summed E-state index contributed by atoms with van der Waals surface area (Å²) in [6.45, 7) is 14.6. The molecule has 2 aliphatic heterocycles. The first-order chi connectivity index (χ1) is 24.6. The number of likely N-dealkylation sites (tertiary alicyclic amines) is 1.